The highest BCUT2D eigenvalue weighted by Gasteiger charge is 2.17. The number of methoxy groups -OCH3 is 1. The summed E-state index contributed by atoms with van der Waals surface area (Å²) in [5, 5.41) is 4.38. The van der Waals surface area contributed by atoms with Crippen LogP contribution < -0.4 is 4.74 Å². The summed E-state index contributed by atoms with van der Waals surface area (Å²) in [7, 11) is 1.67. The molecule has 23 heavy (non-hydrogen) atoms. The first-order valence-corrected chi connectivity index (χ1v) is 8.60. The van der Waals surface area contributed by atoms with E-state index in [1.807, 2.05) is 28.8 Å². The summed E-state index contributed by atoms with van der Waals surface area (Å²) in [5.41, 5.74) is 3.29. The minimum absolute atomic E-state index is 0.846. The van der Waals surface area contributed by atoms with Crippen molar-refractivity contribution in [3.05, 3.63) is 59.3 Å². The Morgan fingerprint density at radius 3 is 2.39 bits per heavy atom. The first-order chi connectivity index (χ1) is 11.3. The summed E-state index contributed by atoms with van der Waals surface area (Å²) in [5.74, 6) is 0.846. The van der Waals surface area contributed by atoms with E-state index in [2.05, 4.69) is 50.3 Å². The molecule has 2 aromatic heterocycles. The zero-order valence-corrected chi connectivity index (χ0v) is 14.6. The van der Waals surface area contributed by atoms with Gasteiger partial charge in [-0.3, -0.25) is 0 Å². The Labute approximate surface area is 145 Å². The van der Waals surface area contributed by atoms with Gasteiger partial charge in [0.05, 0.1) is 17.7 Å². The normalized spacial score (nSPS) is 11.0. The molecule has 0 aliphatic heterocycles. The summed E-state index contributed by atoms with van der Waals surface area (Å²) < 4.78 is 8.19. The zero-order chi connectivity index (χ0) is 15.8. The summed E-state index contributed by atoms with van der Waals surface area (Å²) >= 11 is 5.12. The van der Waals surface area contributed by atoms with Gasteiger partial charge >= 0.3 is 0 Å². The van der Waals surface area contributed by atoms with Crippen LogP contribution in [-0.4, -0.2) is 21.7 Å². The van der Waals surface area contributed by atoms with Crippen LogP contribution in [0.1, 0.15) is 0 Å². The van der Waals surface area contributed by atoms with Gasteiger partial charge in [-0.1, -0.05) is 39.4 Å². The molecule has 0 atom stereocenters. The van der Waals surface area contributed by atoms with Gasteiger partial charge in [-0.25, -0.2) is 9.50 Å². The second-order valence-electron chi connectivity index (χ2n) is 4.97. The van der Waals surface area contributed by atoms with Crippen LogP contribution in [0.3, 0.4) is 0 Å². The number of benzene rings is 2. The Bertz CT molecular complexity index is 958. The molecule has 0 amide bonds. The van der Waals surface area contributed by atoms with Crippen LogP contribution in [0.5, 0.6) is 5.75 Å². The van der Waals surface area contributed by atoms with E-state index in [0.29, 0.717) is 0 Å². The van der Waals surface area contributed by atoms with Crippen molar-refractivity contribution in [1.82, 2.24) is 14.6 Å². The van der Waals surface area contributed by atoms with E-state index in [-0.39, 0.29) is 0 Å². The van der Waals surface area contributed by atoms with Crippen molar-refractivity contribution >= 4 is 32.2 Å². The van der Waals surface area contributed by atoms with E-state index in [4.69, 9.17) is 4.74 Å². The maximum atomic E-state index is 5.25. The number of halogens is 1. The van der Waals surface area contributed by atoms with Crippen LogP contribution in [0, 0.1) is 0 Å². The predicted molar refractivity (Wildman–Crippen MR) is 96.0 cm³/mol. The minimum Gasteiger partial charge on any atom is -0.497 e. The molecule has 0 aliphatic rings. The Balaban J connectivity index is 1.93. The third-order valence-electron chi connectivity index (χ3n) is 3.61. The lowest BCUT2D eigenvalue weighted by Gasteiger charge is -2.06. The molecule has 0 saturated heterocycles. The van der Waals surface area contributed by atoms with Gasteiger partial charge in [-0.15, -0.1) is 0 Å². The quantitative estimate of drug-likeness (QED) is 0.503. The number of hydrogen-bond donors (Lipinski definition) is 0. The van der Waals surface area contributed by atoms with E-state index >= 15 is 0 Å². The lowest BCUT2D eigenvalue weighted by atomic mass is 10.1. The van der Waals surface area contributed by atoms with E-state index in [1.165, 1.54) is 0 Å². The number of nitrogens with zero attached hydrogens (tertiary/aromatic N) is 3. The molecule has 2 heterocycles. The Kier molecular flexibility index (Phi) is 3.63. The molecular weight excluding hydrogens is 374 g/mol. The van der Waals surface area contributed by atoms with Crippen molar-refractivity contribution in [3.8, 4) is 27.4 Å². The Hall–Kier alpha value is -2.18. The number of fused-ring (bicyclic) bond motifs is 1. The third-order valence-corrected chi connectivity index (χ3v) is 5.23. The maximum absolute atomic E-state index is 5.25. The molecule has 0 fully saturated rings. The molecule has 0 spiro atoms. The average molecular weight is 386 g/mol. The molecule has 0 saturated carbocycles. The summed E-state index contributed by atoms with van der Waals surface area (Å²) in [6, 6.07) is 16.3. The van der Waals surface area contributed by atoms with Gasteiger partial charge < -0.3 is 4.74 Å². The van der Waals surface area contributed by atoms with Crippen molar-refractivity contribution in [2.24, 2.45) is 0 Å². The van der Waals surface area contributed by atoms with E-state index in [0.717, 1.165) is 36.9 Å². The lowest BCUT2D eigenvalue weighted by Crippen LogP contribution is -1.90. The van der Waals surface area contributed by atoms with Crippen molar-refractivity contribution < 1.29 is 4.74 Å². The van der Waals surface area contributed by atoms with Crippen molar-refractivity contribution in [2.45, 2.75) is 0 Å². The van der Waals surface area contributed by atoms with Crippen LogP contribution in [0.2, 0.25) is 0 Å². The molecule has 4 aromatic rings. The number of thiazole rings is 1. The Morgan fingerprint density at radius 1 is 1.00 bits per heavy atom. The van der Waals surface area contributed by atoms with Crippen molar-refractivity contribution in [3.63, 3.8) is 0 Å². The van der Waals surface area contributed by atoms with Crippen LogP contribution in [-0.2, 0) is 0 Å². The van der Waals surface area contributed by atoms with Crippen molar-refractivity contribution in [1.29, 1.82) is 0 Å². The van der Waals surface area contributed by atoms with Crippen molar-refractivity contribution in [2.75, 3.05) is 7.11 Å². The predicted octanol–water partition coefficient (Wildman–Crippen LogP) is 4.90. The molecule has 0 unspecified atom stereocenters. The molecule has 0 aliphatic carbocycles. The summed E-state index contributed by atoms with van der Waals surface area (Å²) in [4.78, 5) is 6.37. The average Bonchev–Trinajstić information content (AvgIpc) is 3.17. The highest BCUT2D eigenvalue weighted by Crippen LogP contribution is 2.39. The van der Waals surface area contributed by atoms with Gasteiger partial charge in [0, 0.05) is 10.0 Å². The number of hydrogen-bond acceptors (Lipinski definition) is 4. The van der Waals surface area contributed by atoms with Crippen LogP contribution in [0.25, 0.3) is 26.7 Å². The molecule has 6 heteroatoms. The molecule has 4 rings (SSSR count). The molecule has 0 radical (unpaired) electrons. The van der Waals surface area contributed by atoms with Crippen LogP contribution in [0.4, 0.5) is 0 Å². The number of aromatic nitrogens is 3. The monoisotopic (exact) mass is 385 g/mol. The van der Waals surface area contributed by atoms with Crippen LogP contribution >= 0.6 is 27.3 Å². The molecule has 0 bridgehead atoms. The first-order valence-electron chi connectivity index (χ1n) is 6.99. The smallest absolute Gasteiger partial charge is 0.213 e. The number of rotatable bonds is 3. The van der Waals surface area contributed by atoms with Gasteiger partial charge in [0.25, 0.3) is 0 Å². The topological polar surface area (TPSA) is 39.4 Å². The van der Waals surface area contributed by atoms with E-state index < -0.39 is 0 Å². The highest BCUT2D eigenvalue weighted by molar-refractivity contribution is 9.10. The van der Waals surface area contributed by atoms with Gasteiger partial charge in [0.15, 0.2) is 0 Å². The van der Waals surface area contributed by atoms with Gasteiger partial charge in [-0.05, 0) is 42.0 Å². The molecule has 2 aromatic carbocycles. The maximum Gasteiger partial charge on any atom is 0.213 e. The summed E-state index contributed by atoms with van der Waals surface area (Å²) in [6.45, 7) is 0. The van der Waals surface area contributed by atoms with E-state index in [1.54, 1.807) is 24.8 Å². The second-order valence-corrected chi connectivity index (χ2v) is 6.86. The molecular formula is C17H12BrN3OS. The number of ether oxygens (including phenoxy) is 1. The van der Waals surface area contributed by atoms with Gasteiger partial charge in [-0.2, -0.15) is 5.10 Å². The second kappa shape index (κ2) is 5.79. The third kappa shape index (κ3) is 2.54. The fourth-order valence-electron chi connectivity index (χ4n) is 2.49. The lowest BCUT2D eigenvalue weighted by molar-refractivity contribution is 0.415. The standard InChI is InChI=1S/C17H12BrN3OS/c1-22-14-8-4-12(5-9-14)16-15(11-2-6-13(18)7-3-11)21-17(23-16)19-10-20-21/h2-10H,1H3. The SMILES string of the molecule is COc1ccc(-c2sc3ncnn3c2-c2ccc(Br)cc2)cc1. The van der Waals surface area contributed by atoms with Gasteiger partial charge in [0.2, 0.25) is 4.96 Å². The minimum atomic E-state index is 0.846. The fourth-order valence-corrected chi connectivity index (χ4v) is 3.82. The van der Waals surface area contributed by atoms with E-state index in [9.17, 15) is 0 Å². The van der Waals surface area contributed by atoms with Gasteiger partial charge in [0.1, 0.15) is 12.1 Å². The van der Waals surface area contributed by atoms with Crippen LogP contribution in [0.15, 0.2) is 59.3 Å². The zero-order valence-electron chi connectivity index (χ0n) is 12.2. The largest absolute Gasteiger partial charge is 0.497 e. The first kappa shape index (κ1) is 14.4. The fraction of sp³-hybridized carbons (Fsp3) is 0.0588. The molecule has 4 nitrogen and oxygen atoms in total. The molecule has 0 N–H and O–H groups in total. The molecule has 114 valence electrons. The Morgan fingerprint density at radius 2 is 1.70 bits per heavy atom. The summed E-state index contributed by atoms with van der Waals surface area (Å²) in [6.07, 6.45) is 1.59. The highest BCUT2D eigenvalue weighted by atomic mass is 79.9.